The third-order valence-corrected chi connectivity index (χ3v) is 9.75. The van der Waals surface area contributed by atoms with Crippen molar-refractivity contribution in [3.8, 4) is 0 Å². The van der Waals surface area contributed by atoms with Crippen LogP contribution in [-0.4, -0.2) is 68.0 Å². The molecule has 0 spiro atoms. The van der Waals surface area contributed by atoms with E-state index in [-0.39, 0.29) is 29.0 Å². The zero-order valence-corrected chi connectivity index (χ0v) is 23.7. The van der Waals surface area contributed by atoms with E-state index >= 15 is 0 Å². The van der Waals surface area contributed by atoms with E-state index in [0.717, 1.165) is 35.5 Å². The number of hydrogen-bond acceptors (Lipinski definition) is 6. The summed E-state index contributed by atoms with van der Waals surface area (Å²) in [5.74, 6) is -0.107. The van der Waals surface area contributed by atoms with Crippen molar-refractivity contribution in [2.75, 3.05) is 44.2 Å². The SMILES string of the molecule is Cc1ccc(C)c(C=Cc2onc(C)c2S(=O)(=O)N2CCCC(C(=O)N3CCN(c4ccccc4)CC3)C2)c1. The third kappa shape index (κ3) is 5.79. The number of anilines is 1. The molecule has 206 valence electrons. The number of nitrogens with zero attached hydrogens (tertiary/aromatic N) is 4. The average molecular weight is 549 g/mol. The molecule has 0 saturated carbocycles. The minimum absolute atomic E-state index is 0.0414. The first-order valence-corrected chi connectivity index (χ1v) is 15.0. The smallest absolute Gasteiger partial charge is 0.248 e. The fraction of sp³-hybridized carbons (Fsp3) is 0.400. The first kappa shape index (κ1) is 27.1. The summed E-state index contributed by atoms with van der Waals surface area (Å²) in [6.07, 6.45) is 4.86. The van der Waals surface area contributed by atoms with Crippen molar-refractivity contribution in [3.63, 3.8) is 0 Å². The minimum Gasteiger partial charge on any atom is -0.368 e. The number of hydrogen-bond donors (Lipinski definition) is 0. The second-order valence-electron chi connectivity index (χ2n) is 10.5. The first-order chi connectivity index (χ1) is 18.7. The lowest BCUT2D eigenvalue weighted by atomic mass is 9.97. The zero-order chi connectivity index (χ0) is 27.6. The summed E-state index contributed by atoms with van der Waals surface area (Å²) in [5, 5.41) is 3.98. The summed E-state index contributed by atoms with van der Waals surface area (Å²) in [6.45, 7) is 9.01. The number of aromatic nitrogens is 1. The van der Waals surface area contributed by atoms with Gasteiger partial charge < -0.3 is 14.3 Å². The molecule has 2 aromatic carbocycles. The molecule has 39 heavy (non-hydrogen) atoms. The lowest BCUT2D eigenvalue weighted by Crippen LogP contribution is -2.53. The Morgan fingerprint density at radius 1 is 0.974 bits per heavy atom. The molecule has 1 unspecified atom stereocenters. The van der Waals surface area contributed by atoms with Gasteiger partial charge in [-0.25, -0.2) is 8.42 Å². The molecule has 3 aromatic rings. The number of carbonyl (C=O) groups is 1. The van der Waals surface area contributed by atoms with E-state index in [2.05, 4.69) is 22.2 Å². The second kappa shape index (κ2) is 11.4. The highest BCUT2D eigenvalue weighted by Gasteiger charge is 2.38. The van der Waals surface area contributed by atoms with Gasteiger partial charge in [0.05, 0.1) is 5.92 Å². The van der Waals surface area contributed by atoms with Crippen LogP contribution in [0.5, 0.6) is 0 Å². The van der Waals surface area contributed by atoms with Gasteiger partial charge in [-0.05, 0) is 62.9 Å². The van der Waals surface area contributed by atoms with Crippen LogP contribution >= 0.6 is 0 Å². The molecule has 2 saturated heterocycles. The van der Waals surface area contributed by atoms with Crippen molar-refractivity contribution in [2.45, 2.75) is 38.5 Å². The van der Waals surface area contributed by atoms with E-state index < -0.39 is 10.0 Å². The summed E-state index contributed by atoms with van der Waals surface area (Å²) < 4.78 is 34.6. The molecule has 0 bridgehead atoms. The van der Waals surface area contributed by atoms with Gasteiger partial charge in [0.2, 0.25) is 15.9 Å². The zero-order valence-electron chi connectivity index (χ0n) is 22.8. The molecule has 1 amide bonds. The maximum atomic E-state index is 13.8. The van der Waals surface area contributed by atoms with Gasteiger partial charge in [0.25, 0.3) is 0 Å². The molecule has 2 aliphatic rings. The number of benzene rings is 2. The van der Waals surface area contributed by atoms with Crippen molar-refractivity contribution in [1.29, 1.82) is 0 Å². The molecule has 0 aliphatic carbocycles. The Kier molecular flexibility index (Phi) is 7.91. The van der Waals surface area contributed by atoms with Crippen LogP contribution in [0.3, 0.4) is 0 Å². The van der Waals surface area contributed by atoms with Gasteiger partial charge >= 0.3 is 0 Å². The normalized spacial score (nSPS) is 19.1. The Bertz CT molecular complexity index is 1460. The number of sulfonamides is 1. The van der Waals surface area contributed by atoms with Gasteiger partial charge in [0, 0.05) is 45.0 Å². The standard InChI is InChI=1S/C30H36N4O4S/c1-22-11-12-23(2)25(20-22)13-14-28-29(24(3)31-38-28)39(36,37)34-15-7-8-26(21-34)30(35)33-18-16-32(17-19-33)27-9-5-4-6-10-27/h4-6,9-14,20,26H,7-8,15-19,21H2,1-3H3. The fourth-order valence-corrected chi connectivity index (χ4v) is 7.25. The number of amides is 1. The third-order valence-electron chi connectivity index (χ3n) is 7.73. The van der Waals surface area contributed by atoms with E-state index in [9.17, 15) is 13.2 Å². The number of para-hydroxylation sites is 1. The number of rotatable bonds is 6. The number of piperidine rings is 1. The predicted molar refractivity (Wildman–Crippen MR) is 153 cm³/mol. The van der Waals surface area contributed by atoms with Crippen LogP contribution < -0.4 is 4.90 Å². The van der Waals surface area contributed by atoms with Crippen LogP contribution in [0.1, 0.15) is 41.0 Å². The van der Waals surface area contributed by atoms with E-state index in [0.29, 0.717) is 38.2 Å². The molecule has 2 aliphatic heterocycles. The molecule has 9 heteroatoms. The largest absolute Gasteiger partial charge is 0.368 e. The van der Waals surface area contributed by atoms with Gasteiger partial charge in [0.15, 0.2) is 10.7 Å². The van der Waals surface area contributed by atoms with E-state index in [1.54, 1.807) is 13.0 Å². The number of piperazine rings is 1. The second-order valence-corrected chi connectivity index (χ2v) is 12.4. The van der Waals surface area contributed by atoms with Crippen molar-refractivity contribution in [1.82, 2.24) is 14.4 Å². The van der Waals surface area contributed by atoms with Gasteiger partial charge in [-0.1, -0.05) is 53.2 Å². The van der Waals surface area contributed by atoms with Crippen LogP contribution in [-0.2, 0) is 14.8 Å². The van der Waals surface area contributed by atoms with Gasteiger partial charge in [-0.2, -0.15) is 4.31 Å². The predicted octanol–water partition coefficient (Wildman–Crippen LogP) is 4.52. The molecule has 2 fully saturated rings. The van der Waals surface area contributed by atoms with Crippen LogP contribution in [0.25, 0.3) is 12.2 Å². The number of aryl methyl sites for hydroxylation is 3. The topological polar surface area (TPSA) is 87.0 Å². The van der Waals surface area contributed by atoms with Crippen LogP contribution in [0.2, 0.25) is 0 Å². The molecule has 3 heterocycles. The van der Waals surface area contributed by atoms with E-state index in [4.69, 9.17) is 4.52 Å². The van der Waals surface area contributed by atoms with Crippen LogP contribution in [0.15, 0.2) is 57.9 Å². The monoisotopic (exact) mass is 548 g/mol. The molecule has 5 rings (SSSR count). The maximum Gasteiger partial charge on any atom is 0.248 e. The Labute approximate surface area is 230 Å². The van der Waals surface area contributed by atoms with Gasteiger partial charge in [-0.3, -0.25) is 4.79 Å². The molecule has 0 radical (unpaired) electrons. The van der Waals surface area contributed by atoms with Crippen LogP contribution in [0, 0.1) is 26.7 Å². The highest BCUT2D eigenvalue weighted by atomic mass is 32.2. The molecular formula is C30H36N4O4S. The minimum atomic E-state index is -3.90. The quantitative estimate of drug-likeness (QED) is 0.450. The van der Waals surface area contributed by atoms with Gasteiger partial charge in [0.1, 0.15) is 5.69 Å². The molecular weight excluding hydrogens is 512 g/mol. The Morgan fingerprint density at radius 2 is 1.72 bits per heavy atom. The van der Waals surface area contributed by atoms with Crippen molar-refractivity contribution in [3.05, 3.63) is 76.7 Å². The average Bonchev–Trinajstić information content (AvgIpc) is 3.34. The summed E-state index contributed by atoms with van der Waals surface area (Å²) >= 11 is 0. The summed E-state index contributed by atoms with van der Waals surface area (Å²) in [7, 11) is -3.90. The van der Waals surface area contributed by atoms with Crippen molar-refractivity contribution < 1.29 is 17.7 Å². The lowest BCUT2D eigenvalue weighted by molar-refractivity contribution is -0.137. The lowest BCUT2D eigenvalue weighted by Gasteiger charge is -2.39. The van der Waals surface area contributed by atoms with E-state index in [1.165, 1.54) is 4.31 Å². The Balaban J connectivity index is 1.29. The van der Waals surface area contributed by atoms with Crippen molar-refractivity contribution >= 4 is 33.8 Å². The van der Waals surface area contributed by atoms with Gasteiger partial charge in [-0.15, -0.1) is 0 Å². The fourth-order valence-electron chi connectivity index (χ4n) is 5.48. The Hall–Kier alpha value is -3.43. The summed E-state index contributed by atoms with van der Waals surface area (Å²) in [4.78, 5) is 17.7. The van der Waals surface area contributed by atoms with Crippen molar-refractivity contribution in [2.24, 2.45) is 5.92 Å². The molecule has 8 nitrogen and oxygen atoms in total. The summed E-state index contributed by atoms with van der Waals surface area (Å²) in [5.41, 5.74) is 4.67. The Morgan fingerprint density at radius 3 is 2.46 bits per heavy atom. The highest BCUT2D eigenvalue weighted by Crippen LogP contribution is 2.30. The first-order valence-electron chi connectivity index (χ1n) is 13.5. The molecule has 0 N–H and O–H groups in total. The highest BCUT2D eigenvalue weighted by molar-refractivity contribution is 7.89. The molecule has 1 aromatic heterocycles. The van der Waals surface area contributed by atoms with E-state index in [1.807, 2.05) is 61.2 Å². The maximum absolute atomic E-state index is 13.8. The molecule has 1 atom stereocenters. The number of carbonyl (C=O) groups excluding carboxylic acids is 1. The summed E-state index contributed by atoms with van der Waals surface area (Å²) in [6, 6.07) is 16.3. The van der Waals surface area contributed by atoms with Crippen LogP contribution in [0.4, 0.5) is 5.69 Å².